The number of hydrogen-bond donors (Lipinski definition) is 3. The van der Waals surface area contributed by atoms with Crippen LogP contribution in [0.3, 0.4) is 0 Å². The molecule has 2 aromatic rings. The third-order valence-electron chi connectivity index (χ3n) is 6.00. The predicted octanol–water partition coefficient (Wildman–Crippen LogP) is 1.34. The number of halogens is 6. The Kier molecular flexibility index (Phi) is 10.9. The van der Waals surface area contributed by atoms with E-state index in [4.69, 9.17) is 20.9 Å². The molecule has 3 rings (SSSR count). The average Bonchev–Trinajstić information content (AvgIpc) is 3.28. The predicted molar refractivity (Wildman–Crippen MR) is 128 cm³/mol. The molecule has 40 heavy (non-hydrogen) atoms. The minimum Gasteiger partial charge on any atom is -0.378 e. The van der Waals surface area contributed by atoms with Crippen molar-refractivity contribution in [3.63, 3.8) is 0 Å². The Balaban J connectivity index is 1.64. The molecule has 0 spiro atoms. The number of rotatable bonds is 13. The summed E-state index contributed by atoms with van der Waals surface area (Å²) < 4.78 is 92.7. The SMILES string of the molecule is NCCOCCOCCNC(=O)c1nc(C(F)(F)F)n2c1CN(C(=O)CC(N)Cc1cc(F)c(F)cc1F)CC2. The number of amides is 2. The van der Waals surface area contributed by atoms with Crippen LogP contribution in [-0.2, 0) is 40.0 Å². The molecular weight excluding hydrogens is 550 g/mol. The Hall–Kier alpha value is -3.21. The molecule has 0 radical (unpaired) electrons. The maximum Gasteiger partial charge on any atom is 0.449 e. The molecule has 0 aliphatic carbocycles. The van der Waals surface area contributed by atoms with E-state index in [2.05, 4.69) is 10.3 Å². The summed E-state index contributed by atoms with van der Waals surface area (Å²) in [7, 11) is 0. The van der Waals surface area contributed by atoms with E-state index < -0.39 is 53.0 Å². The number of fused-ring (bicyclic) bond motifs is 1. The van der Waals surface area contributed by atoms with Crippen LogP contribution in [0.4, 0.5) is 26.3 Å². The standard InChI is InChI=1S/C24H30F6N6O4/c25-16-12-18(27)17(26)10-14(16)9-15(32)11-20(37)35-3-4-36-19(13-35)21(34-23(36)24(28,29)30)22(38)33-2-6-40-8-7-39-5-1-31/h10,12,15H,1-9,11,13,31-32H2,(H,33,38). The molecule has 0 saturated carbocycles. The number of ether oxygens (including phenoxy) is 2. The highest BCUT2D eigenvalue weighted by Crippen LogP contribution is 2.32. The smallest absolute Gasteiger partial charge is 0.378 e. The summed E-state index contributed by atoms with van der Waals surface area (Å²) in [6, 6.07) is 0.0336. The van der Waals surface area contributed by atoms with Crippen LogP contribution in [0.2, 0.25) is 0 Å². The van der Waals surface area contributed by atoms with Gasteiger partial charge in [-0.1, -0.05) is 0 Å². The zero-order valence-electron chi connectivity index (χ0n) is 21.4. The maximum absolute atomic E-state index is 13.9. The number of alkyl halides is 3. The first-order chi connectivity index (χ1) is 18.9. The van der Waals surface area contributed by atoms with Gasteiger partial charge in [0.15, 0.2) is 17.3 Å². The highest BCUT2D eigenvalue weighted by molar-refractivity contribution is 5.93. The number of carbonyl (C=O) groups is 2. The molecule has 0 saturated heterocycles. The normalized spacial score (nSPS) is 14.2. The van der Waals surface area contributed by atoms with Gasteiger partial charge < -0.3 is 35.7 Å². The second kappa shape index (κ2) is 13.9. The summed E-state index contributed by atoms with van der Waals surface area (Å²) in [6.45, 7) is 0.541. The van der Waals surface area contributed by atoms with Crippen LogP contribution in [-0.4, -0.2) is 78.4 Å². The third kappa shape index (κ3) is 8.16. The number of carbonyl (C=O) groups excluding carboxylic acids is 2. The third-order valence-corrected chi connectivity index (χ3v) is 6.00. The van der Waals surface area contributed by atoms with Crippen molar-refractivity contribution >= 4 is 11.8 Å². The second-order valence-electron chi connectivity index (χ2n) is 8.99. The minimum absolute atomic E-state index is 0.0125. The lowest BCUT2D eigenvalue weighted by molar-refractivity contribution is -0.148. The van der Waals surface area contributed by atoms with Gasteiger partial charge in [0.2, 0.25) is 11.7 Å². The Morgan fingerprint density at radius 2 is 1.70 bits per heavy atom. The van der Waals surface area contributed by atoms with Crippen molar-refractivity contribution < 1.29 is 45.4 Å². The molecule has 222 valence electrons. The topological polar surface area (TPSA) is 138 Å². The fraction of sp³-hybridized carbons (Fsp3) is 0.542. The molecule has 0 fully saturated rings. The lowest BCUT2D eigenvalue weighted by Gasteiger charge is -2.30. The second-order valence-corrected chi connectivity index (χ2v) is 8.99. The minimum atomic E-state index is -4.84. The molecule has 5 N–H and O–H groups in total. The molecular formula is C24H30F6N6O4. The van der Waals surface area contributed by atoms with Crippen LogP contribution in [0.5, 0.6) is 0 Å². The zero-order valence-corrected chi connectivity index (χ0v) is 21.4. The van der Waals surface area contributed by atoms with Crippen molar-refractivity contribution in [1.82, 2.24) is 19.8 Å². The highest BCUT2D eigenvalue weighted by Gasteiger charge is 2.41. The average molecular weight is 581 g/mol. The number of nitrogens with one attached hydrogen (secondary N) is 1. The summed E-state index contributed by atoms with van der Waals surface area (Å²) in [5.74, 6) is -6.37. The van der Waals surface area contributed by atoms with Crippen LogP contribution in [0, 0.1) is 17.5 Å². The van der Waals surface area contributed by atoms with Gasteiger partial charge in [0.05, 0.1) is 38.7 Å². The van der Waals surface area contributed by atoms with E-state index in [9.17, 15) is 35.9 Å². The Morgan fingerprint density at radius 1 is 1.02 bits per heavy atom. The first-order valence-corrected chi connectivity index (χ1v) is 12.4. The molecule has 2 amide bonds. The molecule has 1 aliphatic rings. The van der Waals surface area contributed by atoms with E-state index in [1.165, 1.54) is 4.90 Å². The van der Waals surface area contributed by atoms with Crippen molar-refractivity contribution in [1.29, 1.82) is 0 Å². The number of benzene rings is 1. The van der Waals surface area contributed by atoms with Gasteiger partial charge in [-0.15, -0.1) is 0 Å². The monoisotopic (exact) mass is 580 g/mol. The van der Waals surface area contributed by atoms with E-state index in [-0.39, 0.29) is 70.1 Å². The van der Waals surface area contributed by atoms with E-state index in [0.717, 1.165) is 4.57 Å². The largest absolute Gasteiger partial charge is 0.449 e. The van der Waals surface area contributed by atoms with E-state index in [1.807, 2.05) is 0 Å². The number of aromatic nitrogens is 2. The van der Waals surface area contributed by atoms with Crippen LogP contribution in [0.15, 0.2) is 12.1 Å². The fourth-order valence-corrected chi connectivity index (χ4v) is 4.13. The van der Waals surface area contributed by atoms with Crippen molar-refractivity contribution in [3.8, 4) is 0 Å². The molecule has 1 aliphatic heterocycles. The van der Waals surface area contributed by atoms with Gasteiger partial charge in [0, 0.05) is 44.7 Å². The van der Waals surface area contributed by atoms with Gasteiger partial charge in [-0.2, -0.15) is 13.2 Å². The van der Waals surface area contributed by atoms with Crippen molar-refractivity contribution in [2.24, 2.45) is 11.5 Å². The first-order valence-electron chi connectivity index (χ1n) is 12.4. The summed E-state index contributed by atoms with van der Waals surface area (Å²) >= 11 is 0. The Labute approximate surface area is 225 Å². The highest BCUT2D eigenvalue weighted by atomic mass is 19.4. The Bertz CT molecular complexity index is 1190. The van der Waals surface area contributed by atoms with Crippen molar-refractivity contribution in [2.75, 3.05) is 46.1 Å². The summed E-state index contributed by atoms with van der Waals surface area (Å²) in [5.41, 5.74) is 10.4. The van der Waals surface area contributed by atoms with Crippen molar-refractivity contribution in [3.05, 3.63) is 52.4 Å². The molecule has 1 aromatic carbocycles. The lowest BCUT2D eigenvalue weighted by Crippen LogP contribution is -2.42. The molecule has 1 atom stereocenters. The van der Waals surface area contributed by atoms with Gasteiger partial charge in [-0.05, 0) is 18.1 Å². The molecule has 1 aromatic heterocycles. The summed E-state index contributed by atoms with van der Waals surface area (Å²) in [5, 5.41) is 2.45. The first kappa shape index (κ1) is 31.3. The molecule has 1 unspecified atom stereocenters. The van der Waals surface area contributed by atoms with Gasteiger partial charge in [0.1, 0.15) is 5.82 Å². The number of imidazole rings is 1. The molecule has 2 heterocycles. The van der Waals surface area contributed by atoms with Gasteiger partial charge in [0.25, 0.3) is 5.91 Å². The van der Waals surface area contributed by atoms with Gasteiger partial charge in [-0.25, -0.2) is 18.2 Å². The molecule has 10 nitrogen and oxygen atoms in total. The van der Waals surface area contributed by atoms with Crippen LogP contribution < -0.4 is 16.8 Å². The van der Waals surface area contributed by atoms with E-state index >= 15 is 0 Å². The number of nitrogens with zero attached hydrogens (tertiary/aromatic N) is 3. The molecule has 0 bridgehead atoms. The van der Waals surface area contributed by atoms with Gasteiger partial charge in [-0.3, -0.25) is 9.59 Å². The van der Waals surface area contributed by atoms with Crippen LogP contribution in [0.1, 0.15) is 34.0 Å². The fourth-order valence-electron chi connectivity index (χ4n) is 4.13. The zero-order chi connectivity index (χ0) is 29.4. The number of nitrogens with two attached hydrogens (primary N) is 2. The maximum atomic E-state index is 13.9. The quantitative estimate of drug-likeness (QED) is 0.185. The number of hydrogen-bond acceptors (Lipinski definition) is 7. The van der Waals surface area contributed by atoms with E-state index in [0.29, 0.717) is 25.3 Å². The van der Waals surface area contributed by atoms with Crippen LogP contribution >= 0.6 is 0 Å². The summed E-state index contributed by atoms with van der Waals surface area (Å²) in [4.78, 5) is 30.3. The van der Waals surface area contributed by atoms with Gasteiger partial charge >= 0.3 is 6.18 Å². The van der Waals surface area contributed by atoms with E-state index in [1.54, 1.807) is 0 Å². The Morgan fingerprint density at radius 3 is 2.38 bits per heavy atom. The lowest BCUT2D eigenvalue weighted by atomic mass is 10.0. The van der Waals surface area contributed by atoms with Crippen LogP contribution in [0.25, 0.3) is 0 Å². The van der Waals surface area contributed by atoms with Crippen molar-refractivity contribution in [2.45, 2.75) is 38.1 Å². The molecule has 16 heteroatoms. The summed E-state index contributed by atoms with van der Waals surface area (Å²) in [6.07, 6.45) is -5.48.